The highest BCUT2D eigenvalue weighted by atomic mass is 16.2. The van der Waals surface area contributed by atoms with Crippen molar-refractivity contribution in [2.45, 2.75) is 38.6 Å². The molecule has 104 valence electrons. The predicted octanol–water partition coefficient (Wildman–Crippen LogP) is 2.57. The topological polar surface area (TPSA) is 46.1 Å². The van der Waals surface area contributed by atoms with Crippen molar-refractivity contribution in [2.75, 3.05) is 6.54 Å². The van der Waals surface area contributed by atoms with Crippen LogP contribution in [0.15, 0.2) is 30.6 Å². The normalized spacial score (nSPS) is 19.2. The lowest BCUT2D eigenvalue weighted by atomic mass is 10.0. The number of benzene rings is 1. The number of carbonyl (C=O) groups is 1. The molecular weight excluding hydrogens is 250 g/mol. The molecule has 0 unspecified atom stereocenters. The van der Waals surface area contributed by atoms with E-state index < -0.39 is 0 Å². The first-order valence-corrected chi connectivity index (χ1v) is 7.23. The third-order valence-electron chi connectivity index (χ3n) is 4.01. The molecule has 1 aromatic carbocycles. The maximum atomic E-state index is 12.4. The van der Waals surface area contributed by atoms with E-state index in [2.05, 4.69) is 16.9 Å². The zero-order valence-corrected chi connectivity index (χ0v) is 11.7. The van der Waals surface area contributed by atoms with Gasteiger partial charge in [0.25, 0.3) is 0 Å². The zero-order chi connectivity index (χ0) is 13.9. The fraction of sp³-hybridized carbons (Fsp3) is 0.438. The SMILES string of the molecule is C[C@H]1CCCCN1C(=O)Cc1ccc2nccnc2c1. The largest absolute Gasteiger partial charge is 0.340 e. The quantitative estimate of drug-likeness (QED) is 0.841. The van der Waals surface area contributed by atoms with Crippen LogP contribution in [0.1, 0.15) is 31.7 Å². The van der Waals surface area contributed by atoms with Gasteiger partial charge in [0.15, 0.2) is 0 Å². The molecule has 0 radical (unpaired) electrons. The van der Waals surface area contributed by atoms with Crippen LogP contribution in [0, 0.1) is 0 Å². The summed E-state index contributed by atoms with van der Waals surface area (Å²) in [6.07, 6.45) is 7.30. The molecular formula is C16H19N3O. The standard InChI is InChI=1S/C16H19N3O/c1-12-4-2-3-9-19(12)16(20)11-13-5-6-14-15(10-13)18-8-7-17-14/h5-8,10,12H,2-4,9,11H2,1H3/t12-/m0/s1. The molecule has 3 rings (SSSR count). The molecule has 1 aliphatic rings. The van der Waals surface area contributed by atoms with E-state index in [1.807, 2.05) is 23.1 Å². The Kier molecular flexibility index (Phi) is 3.63. The van der Waals surface area contributed by atoms with E-state index in [0.717, 1.165) is 36.0 Å². The van der Waals surface area contributed by atoms with Gasteiger partial charge in [0.05, 0.1) is 17.5 Å². The fourth-order valence-corrected chi connectivity index (χ4v) is 2.86. The number of nitrogens with zero attached hydrogens (tertiary/aromatic N) is 3. The number of aromatic nitrogens is 2. The summed E-state index contributed by atoms with van der Waals surface area (Å²) in [4.78, 5) is 23.0. The van der Waals surface area contributed by atoms with Crippen LogP contribution in [0.2, 0.25) is 0 Å². The Morgan fingerprint density at radius 2 is 2.05 bits per heavy atom. The Hall–Kier alpha value is -1.97. The number of amides is 1. The van der Waals surface area contributed by atoms with Gasteiger partial charge in [-0.3, -0.25) is 14.8 Å². The van der Waals surface area contributed by atoms with Crippen molar-refractivity contribution < 1.29 is 4.79 Å². The van der Waals surface area contributed by atoms with Gasteiger partial charge >= 0.3 is 0 Å². The van der Waals surface area contributed by atoms with Crippen molar-refractivity contribution in [3.05, 3.63) is 36.2 Å². The van der Waals surface area contributed by atoms with Gasteiger partial charge < -0.3 is 4.90 Å². The van der Waals surface area contributed by atoms with E-state index in [9.17, 15) is 4.79 Å². The van der Waals surface area contributed by atoms with Crippen LogP contribution in [0.4, 0.5) is 0 Å². The number of likely N-dealkylation sites (tertiary alicyclic amines) is 1. The van der Waals surface area contributed by atoms with Crippen molar-refractivity contribution >= 4 is 16.9 Å². The third-order valence-corrected chi connectivity index (χ3v) is 4.01. The molecule has 0 bridgehead atoms. The van der Waals surface area contributed by atoms with Crippen LogP contribution < -0.4 is 0 Å². The molecule has 1 aromatic heterocycles. The van der Waals surface area contributed by atoms with E-state index in [4.69, 9.17) is 0 Å². The lowest BCUT2D eigenvalue weighted by Crippen LogP contribution is -2.42. The first kappa shape index (κ1) is 13.0. The van der Waals surface area contributed by atoms with Crippen LogP contribution in [-0.4, -0.2) is 33.4 Å². The summed E-state index contributed by atoms with van der Waals surface area (Å²) in [5, 5.41) is 0. The monoisotopic (exact) mass is 269 g/mol. The lowest BCUT2D eigenvalue weighted by Gasteiger charge is -2.33. The molecule has 1 fully saturated rings. The van der Waals surface area contributed by atoms with E-state index in [1.165, 1.54) is 6.42 Å². The number of hydrogen-bond acceptors (Lipinski definition) is 3. The second-order valence-corrected chi connectivity index (χ2v) is 5.49. The van der Waals surface area contributed by atoms with E-state index >= 15 is 0 Å². The Bertz CT molecular complexity index is 626. The average molecular weight is 269 g/mol. The lowest BCUT2D eigenvalue weighted by molar-refractivity contribution is -0.133. The number of carbonyl (C=O) groups excluding carboxylic acids is 1. The van der Waals surface area contributed by atoms with Gasteiger partial charge in [0.2, 0.25) is 5.91 Å². The number of piperidine rings is 1. The number of hydrogen-bond donors (Lipinski definition) is 0. The Labute approximate surface area is 118 Å². The molecule has 0 spiro atoms. The van der Waals surface area contributed by atoms with Crippen LogP contribution in [-0.2, 0) is 11.2 Å². The summed E-state index contributed by atoms with van der Waals surface area (Å²) in [6.45, 7) is 3.04. The van der Waals surface area contributed by atoms with Gasteiger partial charge in [0, 0.05) is 25.0 Å². The van der Waals surface area contributed by atoms with Crippen molar-refractivity contribution in [2.24, 2.45) is 0 Å². The van der Waals surface area contributed by atoms with Gasteiger partial charge in [0.1, 0.15) is 0 Å². The minimum atomic E-state index is 0.223. The highest BCUT2D eigenvalue weighted by molar-refractivity contribution is 5.81. The third kappa shape index (κ3) is 2.64. The maximum absolute atomic E-state index is 12.4. The molecule has 0 saturated carbocycles. The van der Waals surface area contributed by atoms with Crippen LogP contribution in [0.3, 0.4) is 0 Å². The number of fused-ring (bicyclic) bond motifs is 1. The van der Waals surface area contributed by atoms with Crippen molar-refractivity contribution in [1.82, 2.24) is 14.9 Å². The molecule has 4 nitrogen and oxygen atoms in total. The molecule has 1 aliphatic heterocycles. The van der Waals surface area contributed by atoms with Crippen molar-refractivity contribution in [3.63, 3.8) is 0 Å². The Morgan fingerprint density at radius 1 is 1.25 bits per heavy atom. The van der Waals surface area contributed by atoms with Crippen LogP contribution >= 0.6 is 0 Å². The summed E-state index contributed by atoms with van der Waals surface area (Å²) < 4.78 is 0. The van der Waals surface area contributed by atoms with Crippen LogP contribution in [0.5, 0.6) is 0 Å². The molecule has 2 heterocycles. The number of rotatable bonds is 2. The molecule has 0 N–H and O–H groups in total. The molecule has 0 aliphatic carbocycles. The Balaban J connectivity index is 1.76. The van der Waals surface area contributed by atoms with E-state index in [0.29, 0.717) is 12.5 Å². The highest BCUT2D eigenvalue weighted by Gasteiger charge is 2.23. The summed E-state index contributed by atoms with van der Waals surface area (Å²) in [6, 6.07) is 6.25. The summed E-state index contributed by atoms with van der Waals surface area (Å²) in [7, 11) is 0. The smallest absolute Gasteiger partial charge is 0.227 e. The summed E-state index contributed by atoms with van der Waals surface area (Å²) in [5.74, 6) is 0.223. The fourth-order valence-electron chi connectivity index (χ4n) is 2.86. The second-order valence-electron chi connectivity index (χ2n) is 5.49. The zero-order valence-electron chi connectivity index (χ0n) is 11.7. The molecule has 4 heteroatoms. The van der Waals surface area contributed by atoms with Gasteiger partial charge in [-0.1, -0.05) is 6.07 Å². The minimum absolute atomic E-state index is 0.223. The molecule has 1 amide bonds. The molecule has 1 saturated heterocycles. The van der Waals surface area contributed by atoms with Crippen molar-refractivity contribution in [1.29, 1.82) is 0 Å². The van der Waals surface area contributed by atoms with Gasteiger partial charge in [-0.15, -0.1) is 0 Å². The summed E-state index contributed by atoms with van der Waals surface area (Å²) >= 11 is 0. The first-order chi connectivity index (χ1) is 9.74. The van der Waals surface area contributed by atoms with Crippen molar-refractivity contribution in [3.8, 4) is 0 Å². The molecule has 1 atom stereocenters. The van der Waals surface area contributed by atoms with E-state index in [-0.39, 0.29) is 5.91 Å². The Morgan fingerprint density at radius 3 is 2.85 bits per heavy atom. The predicted molar refractivity (Wildman–Crippen MR) is 78.3 cm³/mol. The van der Waals surface area contributed by atoms with Gasteiger partial charge in [-0.2, -0.15) is 0 Å². The second kappa shape index (κ2) is 5.57. The highest BCUT2D eigenvalue weighted by Crippen LogP contribution is 2.18. The molecule has 2 aromatic rings. The minimum Gasteiger partial charge on any atom is -0.340 e. The first-order valence-electron chi connectivity index (χ1n) is 7.23. The maximum Gasteiger partial charge on any atom is 0.227 e. The average Bonchev–Trinajstić information content (AvgIpc) is 2.47. The molecule has 20 heavy (non-hydrogen) atoms. The van der Waals surface area contributed by atoms with Gasteiger partial charge in [-0.05, 0) is 43.9 Å². The van der Waals surface area contributed by atoms with Crippen LogP contribution in [0.25, 0.3) is 11.0 Å². The van der Waals surface area contributed by atoms with E-state index in [1.54, 1.807) is 12.4 Å². The van der Waals surface area contributed by atoms with Gasteiger partial charge in [-0.25, -0.2) is 0 Å². The summed E-state index contributed by atoms with van der Waals surface area (Å²) in [5.41, 5.74) is 2.74.